The first-order chi connectivity index (χ1) is 9.56. The number of aromatic nitrogens is 3. The molecule has 0 aliphatic rings. The van der Waals surface area contributed by atoms with Crippen molar-refractivity contribution >= 4 is 28.3 Å². The van der Waals surface area contributed by atoms with Crippen molar-refractivity contribution < 1.29 is 14.6 Å². The molecule has 8 heteroatoms. The summed E-state index contributed by atoms with van der Waals surface area (Å²) in [5.74, 6) is 0.113. The Kier molecular flexibility index (Phi) is 4.55. The molecule has 0 bridgehead atoms. The molecule has 1 atom stereocenters. The molecule has 0 radical (unpaired) electrons. The smallest absolute Gasteiger partial charge is 0.322 e. The predicted octanol–water partition coefficient (Wildman–Crippen LogP) is 1.16. The molecular formula is C12H13IN4O3. The summed E-state index contributed by atoms with van der Waals surface area (Å²) < 4.78 is 10.7. The monoisotopic (exact) mass is 388 g/mol. The van der Waals surface area contributed by atoms with Gasteiger partial charge >= 0.3 is 12.0 Å². The number of aliphatic hydroxyl groups is 1. The first-order valence-corrected chi connectivity index (χ1v) is 6.70. The lowest BCUT2D eigenvalue weighted by molar-refractivity contribution is 0.204. The largest absolute Gasteiger partial charge is 0.467 e. The van der Waals surface area contributed by atoms with E-state index in [0.29, 0.717) is 11.3 Å². The molecule has 1 aromatic carbocycles. The summed E-state index contributed by atoms with van der Waals surface area (Å²) in [6.45, 7) is 0. The number of ether oxygens (including phenoxy) is 2. The fourth-order valence-electron chi connectivity index (χ4n) is 1.59. The predicted molar refractivity (Wildman–Crippen MR) is 80.6 cm³/mol. The van der Waals surface area contributed by atoms with Crippen molar-refractivity contribution in [2.24, 2.45) is 0 Å². The van der Waals surface area contributed by atoms with E-state index in [2.05, 4.69) is 37.5 Å². The molecule has 2 aromatic rings. The van der Waals surface area contributed by atoms with Crippen LogP contribution in [0.3, 0.4) is 0 Å². The normalized spacial score (nSPS) is 12.0. The molecule has 0 fully saturated rings. The Bertz CT molecular complexity index is 601. The first-order valence-electron chi connectivity index (χ1n) is 5.62. The van der Waals surface area contributed by atoms with Gasteiger partial charge in [0, 0.05) is 9.13 Å². The number of benzene rings is 1. The van der Waals surface area contributed by atoms with E-state index in [1.54, 1.807) is 12.1 Å². The minimum atomic E-state index is -1.09. The SMILES string of the molecule is COc1nc(OC)nc(C(O)c2cccc(I)c2N)n1. The molecule has 106 valence electrons. The number of nitrogens with two attached hydrogens (primary N) is 1. The van der Waals surface area contributed by atoms with E-state index in [4.69, 9.17) is 15.2 Å². The van der Waals surface area contributed by atoms with Crippen molar-refractivity contribution in [2.45, 2.75) is 6.10 Å². The highest BCUT2D eigenvalue weighted by molar-refractivity contribution is 14.1. The standard InChI is InChI=1S/C12H13IN4O3/c1-19-11-15-10(16-12(17-11)20-2)9(18)6-4-3-5-7(13)8(6)14/h3-5,9,18H,14H2,1-2H3. The highest BCUT2D eigenvalue weighted by Crippen LogP contribution is 2.29. The van der Waals surface area contributed by atoms with E-state index >= 15 is 0 Å². The Morgan fingerprint density at radius 2 is 1.75 bits per heavy atom. The molecule has 20 heavy (non-hydrogen) atoms. The van der Waals surface area contributed by atoms with E-state index < -0.39 is 6.10 Å². The number of aliphatic hydroxyl groups excluding tert-OH is 1. The minimum Gasteiger partial charge on any atom is -0.467 e. The van der Waals surface area contributed by atoms with Crippen molar-refractivity contribution in [3.05, 3.63) is 33.2 Å². The Morgan fingerprint density at radius 3 is 2.30 bits per heavy atom. The average Bonchev–Trinajstić information content (AvgIpc) is 2.48. The zero-order chi connectivity index (χ0) is 14.7. The van der Waals surface area contributed by atoms with Crippen LogP contribution >= 0.6 is 22.6 Å². The zero-order valence-corrected chi connectivity index (χ0v) is 13.0. The van der Waals surface area contributed by atoms with Crippen LogP contribution in [0.15, 0.2) is 18.2 Å². The van der Waals surface area contributed by atoms with E-state index in [0.717, 1.165) is 3.57 Å². The number of hydrogen-bond donors (Lipinski definition) is 2. The van der Waals surface area contributed by atoms with Crippen molar-refractivity contribution in [3.8, 4) is 12.0 Å². The maximum absolute atomic E-state index is 10.4. The van der Waals surface area contributed by atoms with Crippen molar-refractivity contribution in [1.82, 2.24) is 15.0 Å². The molecule has 7 nitrogen and oxygen atoms in total. The van der Waals surface area contributed by atoms with Crippen molar-refractivity contribution in [3.63, 3.8) is 0 Å². The summed E-state index contributed by atoms with van der Waals surface area (Å²) in [5, 5.41) is 10.4. The second-order valence-corrected chi connectivity index (χ2v) is 4.97. The molecule has 0 spiro atoms. The van der Waals surface area contributed by atoms with Crippen LogP contribution in [-0.4, -0.2) is 34.3 Å². The molecule has 0 aliphatic carbocycles. The van der Waals surface area contributed by atoms with E-state index in [1.165, 1.54) is 14.2 Å². The third kappa shape index (κ3) is 2.90. The molecule has 0 amide bonds. The molecule has 1 aromatic heterocycles. The molecule has 3 N–H and O–H groups in total. The summed E-state index contributed by atoms with van der Waals surface area (Å²) in [6.07, 6.45) is -1.09. The quantitative estimate of drug-likeness (QED) is 0.599. The highest BCUT2D eigenvalue weighted by atomic mass is 127. The minimum absolute atomic E-state index is 0.0649. The lowest BCUT2D eigenvalue weighted by Crippen LogP contribution is -2.11. The molecule has 0 aliphatic heterocycles. The highest BCUT2D eigenvalue weighted by Gasteiger charge is 2.20. The van der Waals surface area contributed by atoms with Crippen LogP contribution in [0.1, 0.15) is 17.5 Å². The van der Waals surface area contributed by atoms with Gasteiger partial charge in [-0.15, -0.1) is 4.98 Å². The van der Waals surface area contributed by atoms with Crippen LogP contribution in [0.5, 0.6) is 12.0 Å². The average molecular weight is 388 g/mol. The van der Waals surface area contributed by atoms with Gasteiger partial charge in [0.25, 0.3) is 0 Å². The number of para-hydroxylation sites is 1. The Balaban J connectivity index is 2.47. The molecule has 1 heterocycles. The van der Waals surface area contributed by atoms with Gasteiger partial charge in [0.1, 0.15) is 6.10 Å². The fourth-order valence-corrected chi connectivity index (χ4v) is 2.11. The van der Waals surface area contributed by atoms with Gasteiger partial charge in [0.15, 0.2) is 5.82 Å². The summed E-state index contributed by atoms with van der Waals surface area (Å²) in [7, 11) is 2.84. The summed E-state index contributed by atoms with van der Waals surface area (Å²) in [4.78, 5) is 11.9. The van der Waals surface area contributed by atoms with Crippen molar-refractivity contribution in [1.29, 1.82) is 0 Å². The van der Waals surface area contributed by atoms with Gasteiger partial charge in [0.05, 0.1) is 19.9 Å². The second kappa shape index (κ2) is 6.18. The first kappa shape index (κ1) is 14.7. The summed E-state index contributed by atoms with van der Waals surface area (Å²) in [6, 6.07) is 5.49. The maximum Gasteiger partial charge on any atom is 0.322 e. The lowest BCUT2D eigenvalue weighted by Gasteiger charge is -2.14. The molecule has 1 unspecified atom stereocenters. The van der Waals surface area contributed by atoms with Gasteiger partial charge in [-0.05, 0) is 28.7 Å². The van der Waals surface area contributed by atoms with Gasteiger partial charge in [0.2, 0.25) is 0 Å². The van der Waals surface area contributed by atoms with Crippen LogP contribution in [0.4, 0.5) is 5.69 Å². The van der Waals surface area contributed by atoms with E-state index in [1.807, 2.05) is 6.07 Å². The number of methoxy groups -OCH3 is 2. The molecular weight excluding hydrogens is 375 g/mol. The summed E-state index contributed by atoms with van der Waals surface area (Å²) >= 11 is 2.09. The van der Waals surface area contributed by atoms with E-state index in [9.17, 15) is 5.11 Å². The van der Waals surface area contributed by atoms with Gasteiger partial charge in [-0.3, -0.25) is 0 Å². The second-order valence-electron chi connectivity index (χ2n) is 3.81. The summed E-state index contributed by atoms with van der Waals surface area (Å²) in [5.41, 5.74) is 6.97. The van der Waals surface area contributed by atoms with Gasteiger partial charge in [-0.25, -0.2) is 0 Å². The van der Waals surface area contributed by atoms with Gasteiger partial charge < -0.3 is 20.3 Å². The van der Waals surface area contributed by atoms with Crippen LogP contribution in [0.2, 0.25) is 0 Å². The van der Waals surface area contributed by atoms with E-state index in [-0.39, 0.29) is 17.8 Å². The third-order valence-electron chi connectivity index (χ3n) is 2.60. The van der Waals surface area contributed by atoms with Crippen LogP contribution in [0, 0.1) is 3.57 Å². The van der Waals surface area contributed by atoms with Crippen LogP contribution in [-0.2, 0) is 0 Å². The zero-order valence-electron chi connectivity index (χ0n) is 10.9. The van der Waals surface area contributed by atoms with Crippen LogP contribution in [0.25, 0.3) is 0 Å². The molecule has 2 rings (SSSR count). The topological polar surface area (TPSA) is 103 Å². The Hall–Kier alpha value is -1.68. The van der Waals surface area contributed by atoms with Crippen molar-refractivity contribution in [2.75, 3.05) is 20.0 Å². The number of nitrogens with zero attached hydrogens (tertiary/aromatic N) is 3. The number of anilines is 1. The number of rotatable bonds is 4. The maximum atomic E-state index is 10.4. The molecule has 0 saturated heterocycles. The number of nitrogen functional groups attached to an aromatic ring is 1. The molecule has 0 saturated carbocycles. The van der Waals surface area contributed by atoms with Crippen LogP contribution < -0.4 is 15.2 Å². The Morgan fingerprint density at radius 1 is 1.15 bits per heavy atom. The lowest BCUT2D eigenvalue weighted by atomic mass is 10.1. The van der Waals surface area contributed by atoms with Gasteiger partial charge in [-0.1, -0.05) is 12.1 Å². The Labute approximate surface area is 129 Å². The number of halogens is 1. The third-order valence-corrected chi connectivity index (χ3v) is 3.54. The number of hydrogen-bond acceptors (Lipinski definition) is 7. The van der Waals surface area contributed by atoms with Gasteiger partial charge in [-0.2, -0.15) is 9.97 Å². The fraction of sp³-hybridized carbons (Fsp3) is 0.250.